The minimum absolute atomic E-state index is 0.00516. The quantitative estimate of drug-likeness (QED) is 0.874. The lowest BCUT2D eigenvalue weighted by Gasteiger charge is -2.35. The number of morpholine rings is 1. The lowest BCUT2D eigenvalue weighted by Crippen LogP contribution is -2.47. The van der Waals surface area contributed by atoms with Crippen LogP contribution < -0.4 is 5.32 Å². The van der Waals surface area contributed by atoms with Gasteiger partial charge in [-0.05, 0) is 26.8 Å². The van der Waals surface area contributed by atoms with Crippen LogP contribution in [0.4, 0.5) is 0 Å². The van der Waals surface area contributed by atoms with Gasteiger partial charge in [0.15, 0.2) is 0 Å². The van der Waals surface area contributed by atoms with E-state index in [4.69, 9.17) is 4.74 Å². The third-order valence-corrected chi connectivity index (χ3v) is 3.88. The van der Waals surface area contributed by atoms with Crippen molar-refractivity contribution in [3.05, 3.63) is 17.5 Å². The average Bonchev–Trinajstić information content (AvgIpc) is 2.75. The fourth-order valence-electron chi connectivity index (χ4n) is 2.63. The van der Waals surface area contributed by atoms with Crippen LogP contribution in [0.5, 0.6) is 0 Å². The second-order valence-electron chi connectivity index (χ2n) is 5.96. The standard InChI is InChI=1S/C15H26N4O2/c1-11(2)19-5-6-21-14(10-19)8-15(20)16-9-13-7-12(3)17-18(13)4/h7,11,14H,5-6,8-10H2,1-4H3,(H,16,20)/t14-/m1/s1. The van der Waals surface area contributed by atoms with E-state index >= 15 is 0 Å². The molecule has 6 heteroatoms. The molecule has 1 amide bonds. The molecule has 6 nitrogen and oxygen atoms in total. The van der Waals surface area contributed by atoms with E-state index in [-0.39, 0.29) is 12.0 Å². The van der Waals surface area contributed by atoms with Crippen molar-refractivity contribution >= 4 is 5.91 Å². The highest BCUT2D eigenvalue weighted by Crippen LogP contribution is 2.11. The zero-order valence-electron chi connectivity index (χ0n) is 13.4. The number of aryl methyl sites for hydroxylation is 2. The van der Waals surface area contributed by atoms with Gasteiger partial charge >= 0.3 is 0 Å². The largest absolute Gasteiger partial charge is 0.375 e. The molecule has 1 aliphatic rings. The highest BCUT2D eigenvalue weighted by atomic mass is 16.5. The number of nitrogens with one attached hydrogen (secondary N) is 1. The molecule has 0 aromatic carbocycles. The number of carbonyl (C=O) groups excluding carboxylic acids is 1. The van der Waals surface area contributed by atoms with Crippen LogP contribution in [-0.2, 0) is 23.1 Å². The molecular weight excluding hydrogens is 268 g/mol. The molecular formula is C15H26N4O2. The number of nitrogens with zero attached hydrogens (tertiary/aromatic N) is 3. The van der Waals surface area contributed by atoms with Crippen LogP contribution in [0.25, 0.3) is 0 Å². The summed E-state index contributed by atoms with van der Waals surface area (Å²) in [5, 5.41) is 7.21. The van der Waals surface area contributed by atoms with Crippen molar-refractivity contribution in [2.24, 2.45) is 7.05 Å². The molecule has 1 aromatic rings. The fourth-order valence-corrected chi connectivity index (χ4v) is 2.63. The molecule has 0 saturated carbocycles. The lowest BCUT2D eigenvalue weighted by molar-refractivity contribution is -0.126. The van der Waals surface area contributed by atoms with Gasteiger partial charge < -0.3 is 10.1 Å². The van der Waals surface area contributed by atoms with Crippen molar-refractivity contribution in [3.63, 3.8) is 0 Å². The second-order valence-corrected chi connectivity index (χ2v) is 5.96. The zero-order valence-corrected chi connectivity index (χ0v) is 13.4. The second kappa shape index (κ2) is 7.04. The molecule has 2 rings (SSSR count). The van der Waals surface area contributed by atoms with Gasteiger partial charge in [0.05, 0.1) is 37.1 Å². The number of hydrogen-bond donors (Lipinski definition) is 1. The topological polar surface area (TPSA) is 59.4 Å². The molecule has 21 heavy (non-hydrogen) atoms. The minimum Gasteiger partial charge on any atom is -0.375 e. The van der Waals surface area contributed by atoms with Crippen molar-refractivity contribution in [1.82, 2.24) is 20.0 Å². The Morgan fingerprint density at radius 3 is 2.95 bits per heavy atom. The Labute approximate surface area is 126 Å². The number of hydrogen-bond acceptors (Lipinski definition) is 4. The molecule has 1 aromatic heterocycles. The van der Waals surface area contributed by atoms with Crippen LogP contribution >= 0.6 is 0 Å². The third-order valence-electron chi connectivity index (χ3n) is 3.88. The molecule has 1 saturated heterocycles. The molecule has 1 aliphatic heterocycles. The average molecular weight is 294 g/mol. The SMILES string of the molecule is Cc1cc(CNC(=O)C[C@@H]2CN(C(C)C)CCO2)n(C)n1. The van der Waals surface area contributed by atoms with Crippen LogP contribution in [0, 0.1) is 6.92 Å². The van der Waals surface area contributed by atoms with Crippen molar-refractivity contribution in [3.8, 4) is 0 Å². The number of ether oxygens (including phenoxy) is 1. The van der Waals surface area contributed by atoms with E-state index in [1.165, 1.54) is 0 Å². The Morgan fingerprint density at radius 1 is 1.57 bits per heavy atom. The first-order valence-corrected chi connectivity index (χ1v) is 7.57. The summed E-state index contributed by atoms with van der Waals surface area (Å²) in [5.74, 6) is 0.0319. The summed E-state index contributed by atoms with van der Waals surface area (Å²) in [5.41, 5.74) is 1.97. The molecule has 0 spiro atoms. The molecule has 118 valence electrons. The van der Waals surface area contributed by atoms with E-state index in [2.05, 4.69) is 29.2 Å². The van der Waals surface area contributed by atoms with E-state index in [1.54, 1.807) is 4.68 Å². The lowest BCUT2D eigenvalue weighted by atomic mass is 10.1. The molecule has 0 radical (unpaired) electrons. The summed E-state index contributed by atoms with van der Waals surface area (Å²) in [6.07, 6.45) is 0.412. The van der Waals surface area contributed by atoms with Crippen molar-refractivity contribution in [2.45, 2.75) is 45.9 Å². The summed E-state index contributed by atoms with van der Waals surface area (Å²) in [6.45, 7) is 9.29. The van der Waals surface area contributed by atoms with E-state index < -0.39 is 0 Å². The highest BCUT2D eigenvalue weighted by molar-refractivity contribution is 5.76. The smallest absolute Gasteiger partial charge is 0.222 e. The predicted octanol–water partition coefficient (Wildman–Crippen LogP) is 0.844. The summed E-state index contributed by atoms with van der Waals surface area (Å²) in [4.78, 5) is 14.4. The number of amides is 1. The van der Waals surface area contributed by atoms with Gasteiger partial charge in [-0.1, -0.05) is 0 Å². The maximum Gasteiger partial charge on any atom is 0.222 e. The number of aromatic nitrogens is 2. The Balaban J connectivity index is 1.78. The zero-order chi connectivity index (χ0) is 15.4. The fraction of sp³-hybridized carbons (Fsp3) is 0.733. The summed E-state index contributed by atoms with van der Waals surface area (Å²) in [6, 6.07) is 2.48. The van der Waals surface area contributed by atoms with Gasteiger partial charge in [-0.15, -0.1) is 0 Å². The first-order chi connectivity index (χ1) is 9.95. The van der Waals surface area contributed by atoms with E-state index in [9.17, 15) is 4.79 Å². The van der Waals surface area contributed by atoms with E-state index in [0.29, 0.717) is 25.6 Å². The van der Waals surface area contributed by atoms with Crippen LogP contribution in [0.3, 0.4) is 0 Å². The molecule has 2 heterocycles. The number of carbonyl (C=O) groups is 1. The van der Waals surface area contributed by atoms with Crippen molar-refractivity contribution in [1.29, 1.82) is 0 Å². The minimum atomic E-state index is -0.00516. The maximum absolute atomic E-state index is 12.0. The predicted molar refractivity (Wildman–Crippen MR) is 80.9 cm³/mol. The highest BCUT2D eigenvalue weighted by Gasteiger charge is 2.24. The first-order valence-electron chi connectivity index (χ1n) is 7.57. The van der Waals surface area contributed by atoms with Gasteiger partial charge in [0.2, 0.25) is 5.91 Å². The Morgan fingerprint density at radius 2 is 2.33 bits per heavy atom. The van der Waals surface area contributed by atoms with Gasteiger partial charge in [0.25, 0.3) is 0 Å². The van der Waals surface area contributed by atoms with Gasteiger partial charge in [0.1, 0.15) is 0 Å². The Hall–Kier alpha value is -1.40. The third kappa shape index (κ3) is 4.54. The summed E-state index contributed by atoms with van der Waals surface area (Å²) < 4.78 is 7.49. The van der Waals surface area contributed by atoms with Crippen LogP contribution in [0.2, 0.25) is 0 Å². The van der Waals surface area contributed by atoms with Gasteiger partial charge in [-0.2, -0.15) is 5.10 Å². The number of rotatable bonds is 5. The molecule has 0 bridgehead atoms. The van der Waals surface area contributed by atoms with E-state index in [1.807, 2.05) is 20.0 Å². The van der Waals surface area contributed by atoms with Crippen molar-refractivity contribution < 1.29 is 9.53 Å². The van der Waals surface area contributed by atoms with E-state index in [0.717, 1.165) is 24.5 Å². The molecule has 1 N–H and O–H groups in total. The molecule has 0 unspecified atom stereocenters. The van der Waals surface area contributed by atoms with Gasteiger partial charge in [-0.25, -0.2) is 0 Å². The monoisotopic (exact) mass is 294 g/mol. The van der Waals surface area contributed by atoms with Crippen molar-refractivity contribution in [2.75, 3.05) is 19.7 Å². The Kier molecular flexibility index (Phi) is 5.36. The maximum atomic E-state index is 12.0. The van der Waals surface area contributed by atoms with Crippen LogP contribution in [0.1, 0.15) is 31.7 Å². The van der Waals surface area contributed by atoms with Gasteiger partial charge in [0, 0.05) is 26.2 Å². The molecule has 1 atom stereocenters. The Bertz CT molecular complexity index is 484. The van der Waals surface area contributed by atoms with Gasteiger partial charge in [-0.3, -0.25) is 14.4 Å². The first kappa shape index (κ1) is 16.0. The molecule has 0 aliphatic carbocycles. The summed E-state index contributed by atoms with van der Waals surface area (Å²) >= 11 is 0. The summed E-state index contributed by atoms with van der Waals surface area (Å²) in [7, 11) is 1.89. The normalized spacial score (nSPS) is 20.0. The van der Waals surface area contributed by atoms with Crippen LogP contribution in [-0.4, -0.2) is 52.4 Å². The van der Waals surface area contributed by atoms with Crippen LogP contribution in [0.15, 0.2) is 6.07 Å². The molecule has 1 fully saturated rings.